The molecule has 2 heterocycles. The molecule has 170 valence electrons. The first kappa shape index (κ1) is 23.4. The van der Waals surface area contributed by atoms with E-state index in [1.807, 2.05) is 64.6 Å². The first-order valence-electron chi connectivity index (χ1n) is 10.4. The molecule has 9 heteroatoms. The third-order valence-electron chi connectivity index (χ3n) is 5.72. The summed E-state index contributed by atoms with van der Waals surface area (Å²) in [5, 5.41) is 12.2. The summed E-state index contributed by atoms with van der Waals surface area (Å²) in [6.45, 7) is 11.2. The van der Waals surface area contributed by atoms with Crippen LogP contribution in [0.3, 0.4) is 0 Å². The summed E-state index contributed by atoms with van der Waals surface area (Å²) in [5.41, 5.74) is -1.33. The predicted octanol–water partition coefficient (Wildman–Crippen LogP) is 2.14. The van der Waals surface area contributed by atoms with E-state index in [1.165, 1.54) is 16.7 Å². The highest BCUT2D eigenvalue weighted by molar-refractivity contribution is 8.01. The molecule has 2 aliphatic rings. The van der Waals surface area contributed by atoms with Crippen LogP contribution in [0.15, 0.2) is 30.3 Å². The van der Waals surface area contributed by atoms with Gasteiger partial charge >= 0.3 is 5.97 Å². The number of nitrogens with one attached hydrogen (secondary N) is 1. The van der Waals surface area contributed by atoms with Crippen LogP contribution in [-0.2, 0) is 14.4 Å². The number of para-hydroxylation sites is 1. The van der Waals surface area contributed by atoms with Crippen LogP contribution >= 0.6 is 11.8 Å². The van der Waals surface area contributed by atoms with Crippen molar-refractivity contribution in [2.45, 2.75) is 75.5 Å². The molecule has 3 atom stereocenters. The molecule has 0 bridgehead atoms. The monoisotopic (exact) mass is 449 g/mol. The smallest absolute Gasteiger partial charge is 0.327 e. The molecular formula is C22H31N3O5S. The van der Waals surface area contributed by atoms with Crippen LogP contribution in [-0.4, -0.2) is 73.2 Å². The molecule has 2 N–H and O–H groups in total. The lowest BCUT2D eigenvalue weighted by atomic mass is 9.88. The molecule has 2 fully saturated rings. The number of β-lactam (4-membered cyclic amide) rings is 1. The standard InChI is InChI=1S/C22H31N3O5S/c1-13(2)25(14(3)4)22(23-16(26)12-30-15-10-8-7-9-11-15)19(29)24-17(18(27)28)21(5,6)31-20(22)24/h7-11,13-14,17,20H,12H2,1-6H3,(H,23,26)(H,27,28)/t17-,20+,22+/m0/s1. The van der Waals surface area contributed by atoms with Crippen molar-refractivity contribution in [1.82, 2.24) is 15.1 Å². The van der Waals surface area contributed by atoms with Crippen molar-refractivity contribution in [2.75, 3.05) is 6.61 Å². The Kier molecular flexibility index (Phi) is 6.30. The van der Waals surface area contributed by atoms with E-state index in [9.17, 15) is 19.5 Å². The summed E-state index contributed by atoms with van der Waals surface area (Å²) in [7, 11) is 0. The summed E-state index contributed by atoms with van der Waals surface area (Å²) < 4.78 is 4.88. The summed E-state index contributed by atoms with van der Waals surface area (Å²) in [4.78, 5) is 41.8. The van der Waals surface area contributed by atoms with Crippen molar-refractivity contribution in [3.63, 3.8) is 0 Å². The molecule has 0 saturated carbocycles. The van der Waals surface area contributed by atoms with E-state index in [0.29, 0.717) is 5.75 Å². The Labute approximate surface area is 187 Å². The summed E-state index contributed by atoms with van der Waals surface area (Å²) in [5.74, 6) is -1.31. The van der Waals surface area contributed by atoms with E-state index in [1.54, 1.807) is 12.1 Å². The first-order valence-corrected chi connectivity index (χ1v) is 11.3. The molecule has 0 radical (unpaired) electrons. The van der Waals surface area contributed by atoms with Crippen LogP contribution in [0.4, 0.5) is 0 Å². The van der Waals surface area contributed by atoms with Crippen molar-refractivity contribution >= 4 is 29.5 Å². The molecule has 3 rings (SSSR count). The van der Waals surface area contributed by atoms with Crippen LogP contribution in [0.1, 0.15) is 41.5 Å². The molecule has 1 aromatic rings. The SMILES string of the molecule is CC(C)N(C(C)C)[C@]1(NC(=O)COc2ccccc2)C(=O)N2[C@@H](C(=O)O)C(C)(C)S[C@@H]21. The van der Waals surface area contributed by atoms with Crippen LogP contribution in [0.25, 0.3) is 0 Å². The molecule has 0 aliphatic carbocycles. The Balaban J connectivity index is 1.92. The Morgan fingerprint density at radius 2 is 1.77 bits per heavy atom. The van der Waals surface area contributed by atoms with Gasteiger partial charge in [0.2, 0.25) is 5.66 Å². The van der Waals surface area contributed by atoms with Gasteiger partial charge in [0.1, 0.15) is 17.2 Å². The Morgan fingerprint density at radius 1 is 1.19 bits per heavy atom. The van der Waals surface area contributed by atoms with Gasteiger partial charge in [-0.3, -0.25) is 14.5 Å². The van der Waals surface area contributed by atoms with Crippen molar-refractivity contribution in [3.05, 3.63) is 30.3 Å². The number of rotatable bonds is 8. The maximum absolute atomic E-state index is 13.6. The molecular weight excluding hydrogens is 418 g/mol. The third-order valence-corrected chi connectivity index (χ3v) is 7.34. The van der Waals surface area contributed by atoms with E-state index < -0.39 is 39.6 Å². The van der Waals surface area contributed by atoms with Gasteiger partial charge in [-0.25, -0.2) is 4.79 Å². The molecule has 0 spiro atoms. The van der Waals surface area contributed by atoms with Crippen LogP contribution in [0, 0.1) is 0 Å². The number of fused-ring (bicyclic) bond motifs is 1. The number of carbonyl (C=O) groups excluding carboxylic acids is 2. The summed E-state index contributed by atoms with van der Waals surface area (Å²) >= 11 is 1.41. The predicted molar refractivity (Wildman–Crippen MR) is 119 cm³/mol. The van der Waals surface area contributed by atoms with Gasteiger partial charge in [0.15, 0.2) is 6.61 Å². The number of thioether (sulfide) groups is 1. The summed E-state index contributed by atoms with van der Waals surface area (Å²) in [6.07, 6.45) is 0. The van der Waals surface area contributed by atoms with E-state index in [0.717, 1.165) is 0 Å². The van der Waals surface area contributed by atoms with E-state index in [4.69, 9.17) is 4.74 Å². The van der Waals surface area contributed by atoms with Crippen LogP contribution in [0.5, 0.6) is 5.75 Å². The second-order valence-electron chi connectivity index (χ2n) is 9.04. The van der Waals surface area contributed by atoms with Gasteiger partial charge < -0.3 is 20.1 Å². The lowest BCUT2D eigenvalue weighted by Crippen LogP contribution is -2.87. The highest BCUT2D eigenvalue weighted by atomic mass is 32.2. The van der Waals surface area contributed by atoms with Gasteiger partial charge in [-0.2, -0.15) is 0 Å². The number of amides is 2. The van der Waals surface area contributed by atoms with E-state index in [2.05, 4.69) is 5.32 Å². The quantitative estimate of drug-likeness (QED) is 0.463. The maximum atomic E-state index is 13.6. The van der Waals surface area contributed by atoms with Gasteiger partial charge in [0.05, 0.1) is 0 Å². The molecule has 1 aromatic carbocycles. The van der Waals surface area contributed by atoms with Gasteiger partial charge in [-0.15, -0.1) is 11.8 Å². The average molecular weight is 450 g/mol. The number of carboxylic acid groups (broad SMARTS) is 1. The minimum Gasteiger partial charge on any atom is -0.484 e. The van der Waals surface area contributed by atoms with Crippen molar-refractivity contribution in [1.29, 1.82) is 0 Å². The highest BCUT2D eigenvalue weighted by Crippen LogP contribution is 2.56. The number of hydrogen-bond acceptors (Lipinski definition) is 6. The number of benzene rings is 1. The van der Waals surface area contributed by atoms with Crippen molar-refractivity contribution in [3.8, 4) is 5.75 Å². The largest absolute Gasteiger partial charge is 0.484 e. The lowest BCUT2D eigenvalue weighted by molar-refractivity contribution is -0.189. The average Bonchev–Trinajstić information content (AvgIpc) is 2.95. The normalized spacial score (nSPS) is 26.7. The number of carbonyl (C=O) groups is 3. The summed E-state index contributed by atoms with van der Waals surface area (Å²) in [6, 6.07) is 7.89. The Bertz CT molecular complexity index is 852. The molecule has 2 amide bonds. The maximum Gasteiger partial charge on any atom is 0.327 e. The molecule has 8 nitrogen and oxygen atoms in total. The first-order chi connectivity index (χ1) is 14.4. The fourth-order valence-electron chi connectivity index (χ4n) is 4.79. The Morgan fingerprint density at radius 3 is 2.29 bits per heavy atom. The van der Waals surface area contributed by atoms with Gasteiger partial charge in [-0.05, 0) is 53.7 Å². The minimum atomic E-state index is -1.33. The van der Waals surface area contributed by atoms with E-state index >= 15 is 0 Å². The molecule has 31 heavy (non-hydrogen) atoms. The molecule has 2 aliphatic heterocycles. The van der Waals surface area contributed by atoms with Crippen molar-refractivity contribution < 1.29 is 24.2 Å². The topological polar surface area (TPSA) is 99.2 Å². The van der Waals surface area contributed by atoms with Crippen LogP contribution < -0.4 is 10.1 Å². The Hall–Kier alpha value is -2.26. The lowest BCUT2D eigenvalue weighted by Gasteiger charge is -2.59. The number of nitrogens with zero attached hydrogens (tertiary/aromatic N) is 2. The number of aliphatic carboxylic acids is 1. The molecule has 2 saturated heterocycles. The minimum absolute atomic E-state index is 0.0611. The number of ether oxygens (including phenoxy) is 1. The number of carboxylic acids is 1. The number of hydrogen-bond donors (Lipinski definition) is 2. The zero-order valence-electron chi connectivity index (χ0n) is 18.8. The third kappa shape index (κ3) is 3.89. The second-order valence-corrected chi connectivity index (χ2v) is 10.8. The zero-order valence-corrected chi connectivity index (χ0v) is 19.6. The zero-order chi connectivity index (χ0) is 23.1. The van der Waals surface area contributed by atoms with Gasteiger partial charge in [0, 0.05) is 16.8 Å². The fraction of sp³-hybridized carbons (Fsp3) is 0.591. The fourth-order valence-corrected chi connectivity index (χ4v) is 6.49. The molecule has 0 aromatic heterocycles. The second kappa shape index (κ2) is 8.35. The van der Waals surface area contributed by atoms with Crippen LogP contribution in [0.2, 0.25) is 0 Å². The van der Waals surface area contributed by atoms with Crippen molar-refractivity contribution in [2.24, 2.45) is 0 Å². The van der Waals surface area contributed by atoms with E-state index in [-0.39, 0.29) is 18.7 Å². The van der Waals surface area contributed by atoms with Gasteiger partial charge in [0.25, 0.3) is 11.8 Å². The highest BCUT2D eigenvalue weighted by Gasteiger charge is 2.74. The van der Waals surface area contributed by atoms with Gasteiger partial charge in [-0.1, -0.05) is 18.2 Å². The molecule has 0 unspecified atom stereocenters.